The molecule has 7 nitrogen and oxygen atoms in total. The molecule has 0 aliphatic carbocycles. The van der Waals surface area contributed by atoms with Crippen molar-refractivity contribution >= 4 is 16.0 Å². The molecule has 1 aromatic rings. The minimum absolute atomic E-state index is 0.0597. The Morgan fingerprint density at radius 1 is 1.56 bits per heavy atom. The zero-order valence-corrected chi connectivity index (χ0v) is 11.4. The number of aryl methyl sites for hydroxylation is 1. The second-order valence-electron chi connectivity index (χ2n) is 3.64. The Balaban J connectivity index is 2.78. The molecule has 1 unspecified atom stereocenters. The van der Waals surface area contributed by atoms with Gasteiger partial charge in [-0.3, -0.25) is 4.79 Å². The summed E-state index contributed by atoms with van der Waals surface area (Å²) in [7, 11) is -3.78. The first-order chi connectivity index (χ1) is 8.40. The summed E-state index contributed by atoms with van der Waals surface area (Å²) in [6.45, 7) is 5.13. The number of carbonyl (C=O) groups is 1. The van der Waals surface area contributed by atoms with Crippen molar-refractivity contribution in [2.45, 2.75) is 38.3 Å². The van der Waals surface area contributed by atoms with Crippen LogP contribution in [0.4, 0.5) is 0 Å². The molecule has 18 heavy (non-hydrogen) atoms. The van der Waals surface area contributed by atoms with Gasteiger partial charge in [0.25, 0.3) is 10.0 Å². The average molecular weight is 275 g/mol. The van der Waals surface area contributed by atoms with E-state index < -0.39 is 22.0 Å². The predicted molar refractivity (Wildman–Crippen MR) is 64.4 cm³/mol. The molecule has 0 aliphatic rings. The maximum absolute atomic E-state index is 11.9. The van der Waals surface area contributed by atoms with Crippen LogP contribution in [-0.4, -0.2) is 37.0 Å². The highest BCUT2D eigenvalue weighted by molar-refractivity contribution is 7.89. The zero-order valence-electron chi connectivity index (χ0n) is 10.6. The summed E-state index contributed by atoms with van der Waals surface area (Å²) in [6, 6.07) is -0.941. The lowest BCUT2D eigenvalue weighted by Gasteiger charge is -2.11. The van der Waals surface area contributed by atoms with Gasteiger partial charge in [-0.2, -0.15) is 4.72 Å². The van der Waals surface area contributed by atoms with Crippen molar-refractivity contribution in [3.05, 3.63) is 12.0 Å². The lowest BCUT2D eigenvalue weighted by molar-refractivity contribution is -0.144. The molecule has 8 heteroatoms. The Bertz CT molecular complexity index is 509. The first kappa shape index (κ1) is 14.7. The van der Waals surface area contributed by atoms with Crippen LogP contribution in [0.5, 0.6) is 0 Å². The minimum Gasteiger partial charge on any atom is -0.465 e. The summed E-state index contributed by atoms with van der Waals surface area (Å²) >= 11 is 0. The van der Waals surface area contributed by atoms with Crippen LogP contribution in [-0.2, 0) is 26.0 Å². The molecule has 0 saturated carbocycles. The maximum atomic E-state index is 11.9. The van der Waals surface area contributed by atoms with E-state index in [-0.39, 0.29) is 11.6 Å². The van der Waals surface area contributed by atoms with E-state index in [4.69, 9.17) is 4.74 Å². The van der Waals surface area contributed by atoms with Crippen LogP contribution in [0.2, 0.25) is 0 Å². The molecule has 102 valence electrons. The van der Waals surface area contributed by atoms with Crippen LogP contribution in [0.25, 0.3) is 0 Å². The van der Waals surface area contributed by atoms with Gasteiger partial charge in [-0.1, -0.05) is 6.92 Å². The Kier molecular flexibility index (Phi) is 4.85. The van der Waals surface area contributed by atoms with Crippen molar-refractivity contribution in [2.24, 2.45) is 0 Å². The van der Waals surface area contributed by atoms with Crippen molar-refractivity contribution in [3.63, 3.8) is 0 Å². The van der Waals surface area contributed by atoms with E-state index in [0.29, 0.717) is 12.2 Å². The number of ether oxygens (including phenoxy) is 1. The zero-order chi connectivity index (χ0) is 13.8. The van der Waals surface area contributed by atoms with Crippen LogP contribution >= 0.6 is 0 Å². The number of sulfonamides is 1. The molecule has 0 spiro atoms. The number of hydrogen-bond donors (Lipinski definition) is 2. The quantitative estimate of drug-likeness (QED) is 0.722. The highest BCUT2D eigenvalue weighted by atomic mass is 32.2. The van der Waals surface area contributed by atoms with Gasteiger partial charge in [0.2, 0.25) is 0 Å². The fourth-order valence-corrected chi connectivity index (χ4v) is 2.40. The summed E-state index contributed by atoms with van der Waals surface area (Å²) in [6.07, 6.45) is 1.82. The number of imidazole rings is 1. The third kappa shape index (κ3) is 3.54. The molecule has 1 rings (SSSR count). The number of H-pyrrole nitrogens is 1. The summed E-state index contributed by atoms with van der Waals surface area (Å²) in [5, 5.41) is -0.0597. The van der Waals surface area contributed by atoms with E-state index in [1.54, 1.807) is 6.92 Å². The number of aromatic amines is 1. The SMILES string of the molecule is CCOC(=O)C(C)NS(=O)(=O)c1cnc(CC)[nH]1. The van der Waals surface area contributed by atoms with Crippen molar-refractivity contribution in [2.75, 3.05) is 6.61 Å². The third-order valence-electron chi connectivity index (χ3n) is 2.20. The van der Waals surface area contributed by atoms with Gasteiger partial charge in [0.05, 0.1) is 12.8 Å². The van der Waals surface area contributed by atoms with Crippen LogP contribution in [0.15, 0.2) is 11.2 Å². The van der Waals surface area contributed by atoms with Crippen LogP contribution < -0.4 is 4.72 Å². The number of rotatable bonds is 6. The van der Waals surface area contributed by atoms with Crippen molar-refractivity contribution < 1.29 is 17.9 Å². The molecule has 1 atom stereocenters. The monoisotopic (exact) mass is 275 g/mol. The molecular weight excluding hydrogens is 258 g/mol. The molecule has 0 amide bonds. The van der Waals surface area contributed by atoms with Gasteiger partial charge < -0.3 is 9.72 Å². The van der Waals surface area contributed by atoms with Crippen LogP contribution in [0.1, 0.15) is 26.6 Å². The van der Waals surface area contributed by atoms with Gasteiger partial charge in [-0.05, 0) is 13.8 Å². The molecular formula is C10H17N3O4S. The Morgan fingerprint density at radius 2 is 2.22 bits per heavy atom. The van der Waals surface area contributed by atoms with Gasteiger partial charge in [0, 0.05) is 6.42 Å². The van der Waals surface area contributed by atoms with E-state index in [1.807, 2.05) is 6.92 Å². The van der Waals surface area contributed by atoms with E-state index in [0.717, 1.165) is 0 Å². The summed E-state index contributed by atoms with van der Waals surface area (Å²) < 4.78 is 30.7. The molecule has 1 heterocycles. The fourth-order valence-electron chi connectivity index (χ4n) is 1.27. The highest BCUT2D eigenvalue weighted by Gasteiger charge is 2.24. The smallest absolute Gasteiger partial charge is 0.323 e. The van der Waals surface area contributed by atoms with E-state index >= 15 is 0 Å². The highest BCUT2D eigenvalue weighted by Crippen LogP contribution is 2.07. The Hall–Kier alpha value is -1.41. The van der Waals surface area contributed by atoms with Gasteiger partial charge in [-0.25, -0.2) is 13.4 Å². The van der Waals surface area contributed by atoms with E-state index in [9.17, 15) is 13.2 Å². The van der Waals surface area contributed by atoms with Crippen LogP contribution in [0, 0.1) is 0 Å². The van der Waals surface area contributed by atoms with Gasteiger partial charge in [0.1, 0.15) is 11.9 Å². The fraction of sp³-hybridized carbons (Fsp3) is 0.600. The summed E-state index contributed by atoms with van der Waals surface area (Å²) in [5.74, 6) is -0.0459. The molecule has 0 saturated heterocycles. The second kappa shape index (κ2) is 5.96. The standard InChI is InChI=1S/C10H17N3O4S/c1-4-8-11-6-9(12-8)18(15,16)13-7(3)10(14)17-5-2/h6-7,13H,4-5H2,1-3H3,(H,11,12). The molecule has 0 bridgehead atoms. The molecule has 0 fully saturated rings. The first-order valence-corrected chi connectivity index (χ1v) is 7.11. The second-order valence-corrected chi connectivity index (χ2v) is 5.33. The largest absolute Gasteiger partial charge is 0.465 e. The maximum Gasteiger partial charge on any atom is 0.323 e. The lowest BCUT2D eigenvalue weighted by atomic mass is 10.4. The number of nitrogens with zero attached hydrogens (tertiary/aromatic N) is 1. The van der Waals surface area contributed by atoms with Crippen molar-refractivity contribution in [1.29, 1.82) is 0 Å². The van der Waals surface area contributed by atoms with Gasteiger partial charge >= 0.3 is 5.97 Å². The van der Waals surface area contributed by atoms with E-state index in [1.165, 1.54) is 13.1 Å². The first-order valence-electron chi connectivity index (χ1n) is 5.63. The molecule has 0 aromatic carbocycles. The molecule has 0 radical (unpaired) electrons. The normalized spacial score (nSPS) is 13.3. The lowest BCUT2D eigenvalue weighted by Crippen LogP contribution is -2.39. The Labute approximate surface area is 106 Å². The molecule has 0 aliphatic heterocycles. The molecule has 1 aromatic heterocycles. The third-order valence-corrected chi connectivity index (χ3v) is 3.65. The average Bonchev–Trinajstić information content (AvgIpc) is 2.78. The number of nitrogens with one attached hydrogen (secondary N) is 2. The van der Waals surface area contributed by atoms with Crippen molar-refractivity contribution in [1.82, 2.24) is 14.7 Å². The summed E-state index contributed by atoms with van der Waals surface area (Å²) in [4.78, 5) is 17.9. The minimum atomic E-state index is -3.78. The number of aromatic nitrogens is 2. The molecule has 2 N–H and O–H groups in total. The van der Waals surface area contributed by atoms with Gasteiger partial charge in [-0.15, -0.1) is 0 Å². The van der Waals surface area contributed by atoms with Crippen LogP contribution in [0.3, 0.4) is 0 Å². The van der Waals surface area contributed by atoms with E-state index in [2.05, 4.69) is 14.7 Å². The predicted octanol–water partition coefficient (Wildman–Crippen LogP) is 0.202. The number of esters is 1. The number of carbonyl (C=O) groups excluding carboxylic acids is 1. The number of hydrogen-bond acceptors (Lipinski definition) is 5. The van der Waals surface area contributed by atoms with Crippen molar-refractivity contribution in [3.8, 4) is 0 Å². The Morgan fingerprint density at radius 3 is 2.72 bits per heavy atom. The van der Waals surface area contributed by atoms with Gasteiger partial charge in [0.15, 0.2) is 5.03 Å². The topological polar surface area (TPSA) is 101 Å². The summed E-state index contributed by atoms with van der Waals surface area (Å²) in [5.41, 5.74) is 0.